The molecule has 202 valence electrons. The standard InChI is InChI=1S/C33H34ClNO3S/c1-4-30(32(36)37)39-31(19-15-23-9-5-6-11-28(23)33(2,3)38)25-10-7-8-22(20-25)12-17-27-18-14-24-13-16-26(34)21-29(24)35-27/h5-14,16-18,20-21,30-31,38H,4,15,19H2,1-3H3,(H,36,37)/t30-,31+/m0/s1. The van der Waals surface area contributed by atoms with Gasteiger partial charge in [-0.05, 0) is 79.6 Å². The van der Waals surface area contributed by atoms with Crippen molar-refractivity contribution in [1.29, 1.82) is 0 Å². The molecule has 2 N–H and O–H groups in total. The molecule has 4 nitrogen and oxygen atoms in total. The quantitative estimate of drug-likeness (QED) is 0.192. The molecule has 0 fully saturated rings. The summed E-state index contributed by atoms with van der Waals surface area (Å²) in [6, 6.07) is 25.9. The number of aromatic nitrogens is 1. The van der Waals surface area contributed by atoms with Crippen molar-refractivity contribution in [2.24, 2.45) is 0 Å². The summed E-state index contributed by atoms with van der Waals surface area (Å²) in [5, 5.41) is 21.6. The zero-order valence-corrected chi connectivity index (χ0v) is 24.0. The molecule has 1 heterocycles. The van der Waals surface area contributed by atoms with Gasteiger partial charge in [-0.3, -0.25) is 4.79 Å². The molecule has 6 heteroatoms. The van der Waals surface area contributed by atoms with Crippen LogP contribution in [-0.4, -0.2) is 26.4 Å². The van der Waals surface area contributed by atoms with Crippen LogP contribution in [0, 0.1) is 0 Å². The largest absolute Gasteiger partial charge is 0.480 e. The maximum atomic E-state index is 11.9. The van der Waals surface area contributed by atoms with E-state index in [0.717, 1.165) is 51.7 Å². The molecule has 4 aromatic rings. The fourth-order valence-electron chi connectivity index (χ4n) is 4.71. The number of hydrogen-bond acceptors (Lipinski definition) is 4. The van der Waals surface area contributed by atoms with Crippen molar-refractivity contribution in [2.45, 2.75) is 56.1 Å². The lowest BCUT2D eigenvalue weighted by molar-refractivity contribution is -0.136. The Morgan fingerprint density at radius 1 is 1.03 bits per heavy atom. The minimum Gasteiger partial charge on any atom is -0.480 e. The molecule has 0 spiro atoms. The number of pyridine rings is 1. The summed E-state index contributed by atoms with van der Waals surface area (Å²) < 4.78 is 0. The average Bonchev–Trinajstić information content (AvgIpc) is 2.91. The van der Waals surface area contributed by atoms with Crippen molar-refractivity contribution in [2.75, 3.05) is 0 Å². The van der Waals surface area contributed by atoms with Crippen molar-refractivity contribution in [3.63, 3.8) is 0 Å². The predicted molar refractivity (Wildman–Crippen MR) is 164 cm³/mol. The molecular weight excluding hydrogens is 526 g/mol. The molecule has 2 atom stereocenters. The van der Waals surface area contributed by atoms with E-state index >= 15 is 0 Å². The number of halogens is 1. The summed E-state index contributed by atoms with van der Waals surface area (Å²) in [5.41, 5.74) is 4.82. The van der Waals surface area contributed by atoms with E-state index in [1.165, 1.54) is 11.8 Å². The molecule has 3 aromatic carbocycles. The molecule has 0 aliphatic carbocycles. The first-order valence-electron chi connectivity index (χ1n) is 13.2. The van der Waals surface area contributed by atoms with Crippen LogP contribution in [0.3, 0.4) is 0 Å². The monoisotopic (exact) mass is 559 g/mol. The zero-order chi connectivity index (χ0) is 28.0. The maximum absolute atomic E-state index is 11.9. The highest BCUT2D eigenvalue weighted by Crippen LogP contribution is 2.39. The van der Waals surface area contributed by atoms with Crippen molar-refractivity contribution in [3.8, 4) is 0 Å². The number of carbonyl (C=O) groups is 1. The van der Waals surface area contributed by atoms with Crippen molar-refractivity contribution in [3.05, 3.63) is 112 Å². The van der Waals surface area contributed by atoms with Crippen LogP contribution < -0.4 is 0 Å². The third-order valence-electron chi connectivity index (χ3n) is 6.73. The number of carboxylic acids is 1. The van der Waals surface area contributed by atoms with Gasteiger partial charge in [0.05, 0.1) is 16.8 Å². The van der Waals surface area contributed by atoms with Gasteiger partial charge in [0.1, 0.15) is 5.25 Å². The van der Waals surface area contributed by atoms with Gasteiger partial charge in [-0.15, -0.1) is 11.8 Å². The van der Waals surface area contributed by atoms with E-state index in [0.29, 0.717) is 11.4 Å². The van der Waals surface area contributed by atoms with Gasteiger partial charge in [-0.2, -0.15) is 0 Å². The highest BCUT2D eigenvalue weighted by Gasteiger charge is 2.25. The Kier molecular flexibility index (Phi) is 9.49. The minimum absolute atomic E-state index is 0.0183. The van der Waals surface area contributed by atoms with Gasteiger partial charge < -0.3 is 10.2 Å². The molecule has 1 aromatic heterocycles. The van der Waals surface area contributed by atoms with Gasteiger partial charge >= 0.3 is 5.97 Å². The molecule has 0 radical (unpaired) electrons. The van der Waals surface area contributed by atoms with Crippen LogP contribution in [0.2, 0.25) is 5.02 Å². The highest BCUT2D eigenvalue weighted by atomic mass is 35.5. The number of benzene rings is 3. The van der Waals surface area contributed by atoms with Gasteiger partial charge in [-0.1, -0.05) is 85.3 Å². The number of aliphatic hydroxyl groups is 1. The molecule has 4 rings (SSSR count). The van der Waals surface area contributed by atoms with E-state index in [1.54, 1.807) is 13.8 Å². The Morgan fingerprint density at radius 3 is 2.54 bits per heavy atom. The number of nitrogens with zero attached hydrogens (tertiary/aromatic N) is 1. The second kappa shape index (κ2) is 12.8. The summed E-state index contributed by atoms with van der Waals surface area (Å²) in [5.74, 6) is -0.789. The molecule has 0 saturated carbocycles. The van der Waals surface area contributed by atoms with Gasteiger partial charge in [0.25, 0.3) is 0 Å². The topological polar surface area (TPSA) is 70.4 Å². The van der Waals surface area contributed by atoms with Crippen LogP contribution in [-0.2, 0) is 16.8 Å². The lowest BCUT2D eigenvalue weighted by Gasteiger charge is -2.24. The Labute approximate surface area is 239 Å². The van der Waals surface area contributed by atoms with Crippen LogP contribution in [0.5, 0.6) is 0 Å². The number of hydrogen-bond donors (Lipinski definition) is 2. The third-order valence-corrected chi connectivity index (χ3v) is 8.67. The minimum atomic E-state index is -0.945. The second-order valence-corrected chi connectivity index (χ2v) is 12.0. The number of rotatable bonds is 11. The highest BCUT2D eigenvalue weighted by molar-refractivity contribution is 8.00. The van der Waals surface area contributed by atoms with E-state index in [1.807, 2.05) is 85.8 Å². The SMILES string of the molecule is CC[C@H](S[C@H](CCc1ccccc1C(C)(C)O)c1cccc(C=Cc2ccc3ccc(Cl)cc3n2)c1)C(=O)O. The first-order valence-corrected chi connectivity index (χ1v) is 14.5. The van der Waals surface area contributed by atoms with E-state index in [-0.39, 0.29) is 5.25 Å². The van der Waals surface area contributed by atoms with E-state index in [9.17, 15) is 15.0 Å². The molecule has 39 heavy (non-hydrogen) atoms. The predicted octanol–water partition coefficient (Wildman–Crippen LogP) is 8.56. The second-order valence-electron chi connectivity index (χ2n) is 10.2. The molecule has 0 bridgehead atoms. The first kappa shape index (κ1) is 28.9. The molecule has 0 amide bonds. The van der Waals surface area contributed by atoms with Gasteiger partial charge in [0, 0.05) is 15.7 Å². The van der Waals surface area contributed by atoms with E-state index in [4.69, 9.17) is 16.6 Å². The summed E-state index contributed by atoms with van der Waals surface area (Å²) in [4.78, 5) is 16.6. The van der Waals surface area contributed by atoms with Crippen LogP contribution in [0.4, 0.5) is 0 Å². The van der Waals surface area contributed by atoms with Crippen molar-refractivity contribution < 1.29 is 15.0 Å². The Bertz CT molecular complexity index is 1480. The normalized spacial score (nSPS) is 13.6. The van der Waals surface area contributed by atoms with Crippen LogP contribution in [0.1, 0.15) is 66.8 Å². The van der Waals surface area contributed by atoms with Gasteiger partial charge in [0.2, 0.25) is 0 Å². The van der Waals surface area contributed by atoms with Crippen LogP contribution >= 0.6 is 23.4 Å². The number of carboxylic acid groups (broad SMARTS) is 1. The van der Waals surface area contributed by atoms with Crippen LogP contribution in [0.15, 0.2) is 78.9 Å². The summed E-state index contributed by atoms with van der Waals surface area (Å²) in [7, 11) is 0. The summed E-state index contributed by atoms with van der Waals surface area (Å²) in [6.45, 7) is 5.50. The number of aryl methyl sites for hydroxylation is 1. The lowest BCUT2D eigenvalue weighted by atomic mass is 9.90. The first-order chi connectivity index (χ1) is 18.6. The fraction of sp³-hybridized carbons (Fsp3) is 0.273. The van der Waals surface area contributed by atoms with E-state index in [2.05, 4.69) is 12.1 Å². The Balaban J connectivity index is 1.59. The van der Waals surface area contributed by atoms with Gasteiger partial charge in [-0.25, -0.2) is 4.98 Å². The summed E-state index contributed by atoms with van der Waals surface area (Å²) in [6.07, 6.45) is 6.04. The van der Waals surface area contributed by atoms with Gasteiger partial charge in [0.15, 0.2) is 0 Å². The molecule has 0 saturated heterocycles. The number of thioether (sulfide) groups is 1. The van der Waals surface area contributed by atoms with Crippen molar-refractivity contribution in [1.82, 2.24) is 4.98 Å². The molecule has 0 unspecified atom stereocenters. The smallest absolute Gasteiger partial charge is 0.316 e. The molecule has 0 aliphatic heterocycles. The maximum Gasteiger partial charge on any atom is 0.316 e. The zero-order valence-electron chi connectivity index (χ0n) is 22.5. The third kappa shape index (κ3) is 7.72. The lowest BCUT2D eigenvalue weighted by Crippen LogP contribution is -2.19. The Hall–Kier alpha value is -3.12. The van der Waals surface area contributed by atoms with E-state index < -0.39 is 16.8 Å². The Morgan fingerprint density at radius 2 is 1.79 bits per heavy atom. The van der Waals surface area contributed by atoms with Crippen molar-refractivity contribution >= 4 is 52.4 Å². The fourth-order valence-corrected chi connectivity index (χ4v) is 6.14. The average molecular weight is 560 g/mol. The van der Waals surface area contributed by atoms with Crippen LogP contribution in [0.25, 0.3) is 23.1 Å². The summed E-state index contributed by atoms with van der Waals surface area (Å²) >= 11 is 7.64. The number of fused-ring (bicyclic) bond motifs is 1. The molecule has 0 aliphatic rings. The number of aliphatic carboxylic acids is 1. The molecular formula is C33H34ClNO3S.